The summed E-state index contributed by atoms with van der Waals surface area (Å²) in [5.74, 6) is 0.702. The van der Waals surface area contributed by atoms with Gasteiger partial charge in [0.05, 0.1) is 12.1 Å². The number of benzene rings is 2. The van der Waals surface area contributed by atoms with E-state index in [9.17, 15) is 4.79 Å². The molecule has 0 unspecified atom stereocenters. The van der Waals surface area contributed by atoms with Crippen molar-refractivity contribution in [3.63, 3.8) is 0 Å². The smallest absolute Gasteiger partial charge is 0.237 e. The van der Waals surface area contributed by atoms with E-state index >= 15 is 0 Å². The average Bonchev–Trinajstić information content (AvgIpc) is 2.90. The summed E-state index contributed by atoms with van der Waals surface area (Å²) in [6.07, 6.45) is 2.08. The average molecular weight is 321 g/mol. The molecule has 0 N–H and O–H groups in total. The second-order valence-electron chi connectivity index (χ2n) is 5.45. The molecule has 1 amide bonds. The van der Waals surface area contributed by atoms with Crippen LogP contribution in [-0.2, 0) is 11.2 Å². The Kier molecular flexibility index (Phi) is 3.36. The van der Waals surface area contributed by atoms with Crippen LogP contribution in [0.25, 0.3) is 11.1 Å². The van der Waals surface area contributed by atoms with E-state index in [4.69, 9.17) is 11.6 Å². The van der Waals surface area contributed by atoms with Gasteiger partial charge in [-0.2, -0.15) is 0 Å². The van der Waals surface area contributed by atoms with E-state index in [0.717, 1.165) is 22.4 Å². The Labute approximate surface area is 139 Å². The summed E-state index contributed by atoms with van der Waals surface area (Å²) in [6, 6.07) is 19.3. The number of hydrogen-bond acceptors (Lipinski definition) is 2. The molecule has 4 rings (SSSR count). The number of nitrogens with zero attached hydrogens (tertiary/aromatic N) is 2. The molecule has 1 aliphatic heterocycles. The maximum absolute atomic E-state index is 12.4. The van der Waals surface area contributed by atoms with E-state index < -0.39 is 0 Å². The number of fused-ring (bicyclic) bond motifs is 1. The number of halogens is 1. The first-order valence-corrected chi connectivity index (χ1v) is 7.73. The minimum absolute atomic E-state index is 0.0435. The lowest BCUT2D eigenvalue weighted by Gasteiger charge is -2.16. The fraction of sp³-hybridized carbons (Fsp3) is 0.0526. The summed E-state index contributed by atoms with van der Waals surface area (Å²) in [7, 11) is 0. The van der Waals surface area contributed by atoms with Crippen molar-refractivity contribution < 1.29 is 4.79 Å². The molecule has 0 spiro atoms. The third-order valence-electron chi connectivity index (χ3n) is 3.95. The summed E-state index contributed by atoms with van der Waals surface area (Å²) in [5, 5.41) is 0.703. The Morgan fingerprint density at radius 3 is 2.61 bits per heavy atom. The van der Waals surface area contributed by atoms with Gasteiger partial charge in [0.1, 0.15) is 5.82 Å². The number of anilines is 2. The molecule has 2 heterocycles. The summed E-state index contributed by atoms with van der Waals surface area (Å²) in [5.41, 5.74) is 4.02. The molecular weight excluding hydrogens is 308 g/mol. The highest BCUT2D eigenvalue weighted by atomic mass is 35.5. The maximum Gasteiger partial charge on any atom is 0.237 e. The Bertz CT molecular complexity index is 893. The van der Waals surface area contributed by atoms with Crippen LogP contribution in [0.2, 0.25) is 5.02 Å². The third kappa shape index (κ3) is 2.49. The molecule has 1 aliphatic rings. The largest absolute Gasteiger partial charge is 0.274 e. The molecule has 4 heteroatoms. The van der Waals surface area contributed by atoms with E-state index in [-0.39, 0.29) is 5.91 Å². The van der Waals surface area contributed by atoms with E-state index in [1.165, 1.54) is 0 Å². The van der Waals surface area contributed by atoms with Gasteiger partial charge in [-0.1, -0.05) is 35.9 Å². The number of carbonyl (C=O) groups is 1. The number of amides is 1. The van der Waals surface area contributed by atoms with Gasteiger partial charge in [-0.05, 0) is 53.1 Å². The van der Waals surface area contributed by atoms with Crippen molar-refractivity contribution in [2.45, 2.75) is 6.42 Å². The predicted octanol–water partition coefficient (Wildman–Crippen LogP) is 4.62. The molecule has 23 heavy (non-hydrogen) atoms. The summed E-state index contributed by atoms with van der Waals surface area (Å²) in [4.78, 5) is 18.4. The highest BCUT2D eigenvalue weighted by molar-refractivity contribution is 6.30. The van der Waals surface area contributed by atoms with Crippen LogP contribution in [0, 0.1) is 0 Å². The van der Waals surface area contributed by atoms with Gasteiger partial charge in [0.15, 0.2) is 0 Å². The lowest BCUT2D eigenvalue weighted by atomic mass is 10.0. The molecule has 0 bridgehead atoms. The van der Waals surface area contributed by atoms with Crippen LogP contribution in [0.3, 0.4) is 0 Å². The molecule has 2 aromatic carbocycles. The summed E-state index contributed by atoms with van der Waals surface area (Å²) >= 11 is 6.07. The normalized spacial score (nSPS) is 13.3. The van der Waals surface area contributed by atoms with Gasteiger partial charge in [0.25, 0.3) is 0 Å². The fourth-order valence-electron chi connectivity index (χ4n) is 2.91. The zero-order chi connectivity index (χ0) is 15.8. The maximum atomic E-state index is 12.4. The third-order valence-corrected chi connectivity index (χ3v) is 4.18. The van der Waals surface area contributed by atoms with Crippen LogP contribution in [0.15, 0.2) is 66.9 Å². The summed E-state index contributed by atoms with van der Waals surface area (Å²) in [6.45, 7) is 0. The standard InChI is InChI=1S/C19H13ClN2O/c20-16-5-3-4-13(11-16)14-7-8-17-15(10-14)12-19(23)22(17)18-6-1-2-9-21-18/h1-11H,12H2. The number of pyridine rings is 1. The van der Waals surface area contributed by atoms with Crippen LogP contribution in [0.5, 0.6) is 0 Å². The van der Waals surface area contributed by atoms with Crippen LogP contribution < -0.4 is 4.90 Å². The molecule has 0 radical (unpaired) electrons. The van der Waals surface area contributed by atoms with Crippen molar-refractivity contribution in [1.82, 2.24) is 4.98 Å². The molecule has 1 aromatic heterocycles. The first-order chi connectivity index (χ1) is 11.2. The van der Waals surface area contributed by atoms with Gasteiger partial charge in [0.2, 0.25) is 5.91 Å². The second-order valence-corrected chi connectivity index (χ2v) is 5.88. The Morgan fingerprint density at radius 2 is 1.83 bits per heavy atom. The predicted molar refractivity (Wildman–Crippen MR) is 92.0 cm³/mol. The van der Waals surface area contributed by atoms with Crippen molar-refractivity contribution in [1.29, 1.82) is 0 Å². The molecule has 0 aliphatic carbocycles. The van der Waals surface area contributed by atoms with Crippen LogP contribution in [0.1, 0.15) is 5.56 Å². The lowest BCUT2D eigenvalue weighted by Crippen LogP contribution is -2.21. The second kappa shape index (κ2) is 5.52. The van der Waals surface area contributed by atoms with Crippen LogP contribution in [-0.4, -0.2) is 10.9 Å². The number of aromatic nitrogens is 1. The summed E-state index contributed by atoms with van der Waals surface area (Å²) < 4.78 is 0. The van der Waals surface area contributed by atoms with E-state index in [1.807, 2.05) is 54.6 Å². The van der Waals surface area contributed by atoms with Crippen molar-refractivity contribution in [2.24, 2.45) is 0 Å². The first-order valence-electron chi connectivity index (χ1n) is 7.35. The Balaban J connectivity index is 1.77. The van der Waals surface area contributed by atoms with Crippen molar-refractivity contribution in [3.8, 4) is 11.1 Å². The molecular formula is C19H13ClN2O. The minimum Gasteiger partial charge on any atom is -0.274 e. The van der Waals surface area contributed by atoms with Crippen LogP contribution in [0.4, 0.5) is 11.5 Å². The SMILES string of the molecule is O=C1Cc2cc(-c3cccc(Cl)c3)ccc2N1c1ccccn1. The van der Waals surface area contributed by atoms with Gasteiger partial charge >= 0.3 is 0 Å². The van der Waals surface area contributed by atoms with Crippen molar-refractivity contribution in [3.05, 3.63) is 77.4 Å². The van der Waals surface area contributed by atoms with Crippen LogP contribution >= 0.6 is 11.6 Å². The number of rotatable bonds is 2. The Morgan fingerprint density at radius 1 is 0.957 bits per heavy atom. The quantitative estimate of drug-likeness (QED) is 0.690. The van der Waals surface area contributed by atoms with Crippen molar-refractivity contribution in [2.75, 3.05) is 4.90 Å². The van der Waals surface area contributed by atoms with E-state index in [2.05, 4.69) is 11.1 Å². The molecule has 0 saturated carbocycles. The molecule has 3 aromatic rings. The van der Waals surface area contributed by atoms with Gasteiger partial charge < -0.3 is 0 Å². The van der Waals surface area contributed by atoms with Crippen molar-refractivity contribution >= 4 is 29.0 Å². The van der Waals surface area contributed by atoms with Gasteiger partial charge in [-0.3, -0.25) is 9.69 Å². The van der Waals surface area contributed by atoms with E-state index in [1.54, 1.807) is 11.1 Å². The number of hydrogen-bond donors (Lipinski definition) is 0. The molecule has 3 nitrogen and oxygen atoms in total. The fourth-order valence-corrected chi connectivity index (χ4v) is 3.10. The monoisotopic (exact) mass is 320 g/mol. The molecule has 0 atom stereocenters. The van der Waals surface area contributed by atoms with Gasteiger partial charge in [-0.15, -0.1) is 0 Å². The first kappa shape index (κ1) is 14.0. The molecule has 0 fully saturated rings. The van der Waals surface area contributed by atoms with E-state index in [0.29, 0.717) is 17.3 Å². The molecule has 112 valence electrons. The highest BCUT2D eigenvalue weighted by Gasteiger charge is 2.29. The lowest BCUT2D eigenvalue weighted by molar-refractivity contribution is -0.116. The Hall–Kier alpha value is -2.65. The van der Waals surface area contributed by atoms with Gasteiger partial charge in [0, 0.05) is 11.2 Å². The number of carbonyl (C=O) groups excluding carboxylic acids is 1. The minimum atomic E-state index is 0.0435. The highest BCUT2D eigenvalue weighted by Crippen LogP contribution is 2.37. The molecule has 0 saturated heterocycles. The van der Waals surface area contributed by atoms with Gasteiger partial charge in [-0.25, -0.2) is 4.98 Å². The zero-order valence-electron chi connectivity index (χ0n) is 12.2. The zero-order valence-corrected chi connectivity index (χ0v) is 13.0. The topological polar surface area (TPSA) is 33.2 Å².